The predicted molar refractivity (Wildman–Crippen MR) is 49.5 cm³/mol. The molecule has 0 radical (unpaired) electrons. The summed E-state index contributed by atoms with van der Waals surface area (Å²) in [5, 5.41) is 5.36. The van der Waals surface area contributed by atoms with Gasteiger partial charge in [-0.3, -0.25) is 0 Å². The lowest BCUT2D eigenvalue weighted by atomic mass is 10.2. The Balaban J connectivity index is 3.79. The van der Waals surface area contributed by atoms with Gasteiger partial charge in [0.2, 0.25) is 0 Å². The lowest BCUT2D eigenvalue weighted by Gasteiger charge is -2.05. The van der Waals surface area contributed by atoms with Gasteiger partial charge in [-0.05, 0) is 13.2 Å². The van der Waals surface area contributed by atoms with Gasteiger partial charge in [-0.1, -0.05) is 13.8 Å². The monoisotopic (exact) mass is 160 g/mol. The van der Waals surface area contributed by atoms with Crippen molar-refractivity contribution in [2.75, 3.05) is 12.8 Å². The third kappa shape index (κ3) is 3.77. The van der Waals surface area contributed by atoms with Crippen LogP contribution in [0.2, 0.25) is 0 Å². The number of thioether (sulfide) groups is 1. The second-order valence-electron chi connectivity index (χ2n) is 2.32. The molecule has 0 heterocycles. The lowest BCUT2D eigenvalue weighted by molar-refractivity contribution is 0.766. The van der Waals surface area contributed by atoms with Crippen molar-refractivity contribution in [3.05, 3.63) is 0 Å². The zero-order valence-electron chi connectivity index (χ0n) is 7.14. The lowest BCUT2D eigenvalue weighted by Crippen LogP contribution is -2.11. The largest absolute Gasteiger partial charge is 0.310 e. The van der Waals surface area contributed by atoms with Gasteiger partial charge in [0.05, 0.1) is 5.04 Å². The van der Waals surface area contributed by atoms with Crippen molar-refractivity contribution in [3.63, 3.8) is 0 Å². The van der Waals surface area contributed by atoms with E-state index in [1.807, 2.05) is 6.92 Å². The van der Waals surface area contributed by atoms with Crippen LogP contribution in [0, 0.1) is 5.92 Å². The van der Waals surface area contributed by atoms with Gasteiger partial charge in [0.25, 0.3) is 0 Å². The number of hydrogen-bond acceptors (Lipinski definition) is 3. The zero-order chi connectivity index (χ0) is 7.98. The fraction of sp³-hybridized carbons (Fsp3) is 0.857. The summed E-state index contributed by atoms with van der Waals surface area (Å²) in [6.07, 6.45) is 2.05. The number of rotatable bonds is 3. The normalized spacial score (nSPS) is 12.3. The molecule has 0 fully saturated rings. The first-order valence-electron chi connectivity index (χ1n) is 3.56. The van der Waals surface area contributed by atoms with Crippen molar-refractivity contribution in [2.45, 2.75) is 20.8 Å². The molecule has 60 valence electrons. The smallest absolute Gasteiger partial charge is 0.0953 e. The number of hydrogen-bond donors (Lipinski definition) is 1. The van der Waals surface area contributed by atoms with Gasteiger partial charge >= 0.3 is 0 Å². The molecule has 10 heavy (non-hydrogen) atoms. The van der Waals surface area contributed by atoms with Crippen LogP contribution in [-0.2, 0) is 0 Å². The topological polar surface area (TPSA) is 24.4 Å². The molecule has 0 spiro atoms. The van der Waals surface area contributed by atoms with E-state index in [0.29, 0.717) is 5.92 Å². The maximum absolute atomic E-state index is 4.19. The quantitative estimate of drug-likeness (QED) is 0.387. The Morgan fingerprint density at radius 3 is 2.50 bits per heavy atom. The molecule has 0 saturated carbocycles. The molecule has 1 N–H and O–H groups in total. The Morgan fingerprint density at radius 2 is 2.20 bits per heavy atom. The van der Waals surface area contributed by atoms with Crippen LogP contribution in [0.5, 0.6) is 0 Å². The number of nitrogens with one attached hydrogen (secondary N) is 1. The fourth-order valence-corrected chi connectivity index (χ4v) is 1.19. The summed E-state index contributed by atoms with van der Waals surface area (Å²) in [4.78, 5) is 0. The van der Waals surface area contributed by atoms with Crippen molar-refractivity contribution in [2.24, 2.45) is 11.0 Å². The molecule has 0 amide bonds. The van der Waals surface area contributed by atoms with Crippen LogP contribution in [0.15, 0.2) is 5.10 Å². The van der Waals surface area contributed by atoms with Gasteiger partial charge < -0.3 is 5.43 Å². The van der Waals surface area contributed by atoms with Crippen LogP contribution in [0.3, 0.4) is 0 Å². The summed E-state index contributed by atoms with van der Waals surface area (Å²) in [6, 6.07) is 0. The fourth-order valence-electron chi connectivity index (χ4n) is 0.567. The average molecular weight is 160 g/mol. The highest BCUT2D eigenvalue weighted by atomic mass is 32.2. The van der Waals surface area contributed by atoms with Crippen molar-refractivity contribution in [1.82, 2.24) is 5.43 Å². The summed E-state index contributed by atoms with van der Waals surface area (Å²) in [6.45, 7) is 7.23. The Bertz CT molecular complexity index is 110. The maximum atomic E-state index is 4.19. The van der Waals surface area contributed by atoms with Crippen molar-refractivity contribution >= 4 is 16.8 Å². The van der Waals surface area contributed by atoms with Crippen LogP contribution >= 0.6 is 11.8 Å². The third-order valence-electron chi connectivity index (χ3n) is 1.05. The number of hydrazone groups is 1. The Morgan fingerprint density at radius 1 is 1.60 bits per heavy atom. The van der Waals surface area contributed by atoms with E-state index in [2.05, 4.69) is 30.6 Å². The molecule has 0 aliphatic rings. The van der Waals surface area contributed by atoms with E-state index in [4.69, 9.17) is 0 Å². The molecule has 2 nitrogen and oxygen atoms in total. The Kier molecular flexibility index (Phi) is 5.49. The van der Waals surface area contributed by atoms with Gasteiger partial charge in [-0.25, -0.2) is 0 Å². The summed E-state index contributed by atoms with van der Waals surface area (Å²) in [5.74, 6) is 0.536. The highest BCUT2D eigenvalue weighted by Crippen LogP contribution is 2.07. The molecule has 0 unspecified atom stereocenters. The van der Waals surface area contributed by atoms with Crippen molar-refractivity contribution in [3.8, 4) is 0 Å². The first-order chi connectivity index (χ1) is 4.72. The minimum absolute atomic E-state index is 0.536. The van der Waals surface area contributed by atoms with Crippen LogP contribution in [0.25, 0.3) is 0 Å². The highest BCUT2D eigenvalue weighted by Gasteiger charge is 2.01. The predicted octanol–water partition coefficient (Wildman–Crippen LogP) is 1.93. The molecule has 0 aromatic rings. The van der Waals surface area contributed by atoms with E-state index >= 15 is 0 Å². The van der Waals surface area contributed by atoms with Gasteiger partial charge in [0, 0.05) is 12.5 Å². The molecule has 0 rings (SSSR count). The SMILES string of the molecule is CCN/N=C(\SC)C(C)C. The summed E-state index contributed by atoms with van der Waals surface area (Å²) in [7, 11) is 0. The molecule has 3 heteroatoms. The second kappa shape index (κ2) is 5.59. The van der Waals surface area contributed by atoms with E-state index in [1.165, 1.54) is 5.04 Å². The third-order valence-corrected chi connectivity index (χ3v) is 2.03. The van der Waals surface area contributed by atoms with Crippen molar-refractivity contribution in [1.29, 1.82) is 0 Å². The van der Waals surface area contributed by atoms with E-state index < -0.39 is 0 Å². The Hall–Kier alpha value is -0.180. The van der Waals surface area contributed by atoms with E-state index in [9.17, 15) is 0 Å². The van der Waals surface area contributed by atoms with Gasteiger partial charge in [0.1, 0.15) is 0 Å². The van der Waals surface area contributed by atoms with Crippen LogP contribution < -0.4 is 5.43 Å². The van der Waals surface area contributed by atoms with E-state index in [-0.39, 0.29) is 0 Å². The molecule has 0 aromatic heterocycles. The van der Waals surface area contributed by atoms with Crippen LogP contribution in [-0.4, -0.2) is 17.8 Å². The summed E-state index contributed by atoms with van der Waals surface area (Å²) in [5.41, 5.74) is 2.95. The first kappa shape index (κ1) is 9.82. The summed E-state index contributed by atoms with van der Waals surface area (Å²) < 4.78 is 0. The zero-order valence-corrected chi connectivity index (χ0v) is 7.96. The standard InChI is InChI=1S/C7H16N2S/c1-5-8-9-7(10-4)6(2)3/h6,8H,5H2,1-4H3/b9-7-. The van der Waals surface area contributed by atoms with Crippen LogP contribution in [0.1, 0.15) is 20.8 Å². The molecule has 0 aromatic carbocycles. The number of nitrogens with zero attached hydrogens (tertiary/aromatic N) is 1. The first-order valence-corrected chi connectivity index (χ1v) is 4.79. The summed E-state index contributed by atoms with van der Waals surface area (Å²) >= 11 is 1.71. The minimum atomic E-state index is 0.536. The minimum Gasteiger partial charge on any atom is -0.310 e. The maximum Gasteiger partial charge on any atom is 0.0953 e. The van der Waals surface area contributed by atoms with Crippen LogP contribution in [0.4, 0.5) is 0 Å². The second-order valence-corrected chi connectivity index (χ2v) is 3.15. The molecule has 0 aliphatic heterocycles. The van der Waals surface area contributed by atoms with Gasteiger partial charge in [0.15, 0.2) is 0 Å². The van der Waals surface area contributed by atoms with Gasteiger partial charge in [-0.15, -0.1) is 11.8 Å². The van der Waals surface area contributed by atoms with E-state index in [1.54, 1.807) is 11.8 Å². The van der Waals surface area contributed by atoms with Gasteiger partial charge in [-0.2, -0.15) is 5.10 Å². The molecule has 0 aliphatic carbocycles. The molecule has 0 saturated heterocycles. The molecular formula is C7H16N2S. The van der Waals surface area contributed by atoms with Crippen molar-refractivity contribution < 1.29 is 0 Å². The highest BCUT2D eigenvalue weighted by molar-refractivity contribution is 8.13. The average Bonchev–Trinajstić information content (AvgIpc) is 1.89. The van der Waals surface area contributed by atoms with E-state index in [0.717, 1.165) is 6.54 Å². The Labute approximate surface area is 67.5 Å². The molecule has 0 bridgehead atoms. The molecule has 0 atom stereocenters. The molecular weight excluding hydrogens is 144 g/mol.